The Labute approximate surface area is 125 Å². The van der Waals surface area contributed by atoms with Gasteiger partial charge in [0.05, 0.1) is 11.1 Å². The smallest absolute Gasteiger partial charge is 0.101 e. The molecule has 0 aliphatic rings. The molecule has 3 nitrogen and oxygen atoms in total. The molecule has 1 N–H and O–H groups in total. The molecule has 0 radical (unpaired) electrons. The average molecular weight is 275 g/mol. The van der Waals surface area contributed by atoms with Gasteiger partial charge in [-0.1, -0.05) is 31.2 Å². The molecule has 0 amide bonds. The maximum Gasteiger partial charge on any atom is 0.101 e. The van der Waals surface area contributed by atoms with Crippen LogP contribution in [-0.2, 0) is 6.42 Å². The minimum atomic E-state index is 0.135. The maximum atomic E-state index is 9.05. The number of nitrogens with zero attached hydrogens (tertiary/aromatic N) is 2. The fraction of sp³-hybridized carbons (Fsp3) is 0.222. The third-order valence-electron chi connectivity index (χ3n) is 3.53. The van der Waals surface area contributed by atoms with Crippen molar-refractivity contribution in [3.05, 3.63) is 64.7 Å². The van der Waals surface area contributed by atoms with Crippen LogP contribution in [0.2, 0.25) is 0 Å². The standard InChI is InChI=1S/C18H17N3/c1-3-14-4-6-15(7-5-14)13(2)21-18-9-8-16(11-19)17(10-18)12-20/h4-10,13,21H,3H2,1-2H3. The van der Waals surface area contributed by atoms with Crippen LogP contribution in [0.3, 0.4) is 0 Å². The van der Waals surface area contributed by atoms with Crippen molar-refractivity contribution in [2.75, 3.05) is 5.32 Å². The normalized spacial score (nSPS) is 11.2. The molecule has 0 spiro atoms. The summed E-state index contributed by atoms with van der Waals surface area (Å²) in [5, 5.41) is 21.3. The van der Waals surface area contributed by atoms with Crippen LogP contribution in [0.25, 0.3) is 0 Å². The number of rotatable bonds is 4. The zero-order valence-electron chi connectivity index (χ0n) is 12.2. The molecule has 2 rings (SSSR count). The van der Waals surface area contributed by atoms with E-state index >= 15 is 0 Å². The highest BCUT2D eigenvalue weighted by Gasteiger charge is 2.07. The number of aryl methyl sites for hydroxylation is 1. The van der Waals surface area contributed by atoms with E-state index < -0.39 is 0 Å². The number of hydrogen-bond donors (Lipinski definition) is 1. The molecule has 0 aliphatic carbocycles. The lowest BCUT2D eigenvalue weighted by Crippen LogP contribution is -2.07. The van der Waals surface area contributed by atoms with Crippen molar-refractivity contribution in [3.63, 3.8) is 0 Å². The summed E-state index contributed by atoms with van der Waals surface area (Å²) in [5.74, 6) is 0. The fourth-order valence-electron chi connectivity index (χ4n) is 2.20. The van der Waals surface area contributed by atoms with E-state index in [1.807, 2.05) is 12.1 Å². The Morgan fingerprint density at radius 1 is 1.00 bits per heavy atom. The van der Waals surface area contributed by atoms with Crippen molar-refractivity contribution < 1.29 is 0 Å². The minimum Gasteiger partial charge on any atom is -0.378 e. The van der Waals surface area contributed by atoms with Crippen LogP contribution in [0.4, 0.5) is 5.69 Å². The summed E-state index contributed by atoms with van der Waals surface area (Å²) < 4.78 is 0. The summed E-state index contributed by atoms with van der Waals surface area (Å²) >= 11 is 0. The molecule has 21 heavy (non-hydrogen) atoms. The van der Waals surface area contributed by atoms with Gasteiger partial charge in [-0.3, -0.25) is 0 Å². The summed E-state index contributed by atoms with van der Waals surface area (Å²) in [6.45, 7) is 4.21. The van der Waals surface area contributed by atoms with Crippen LogP contribution in [-0.4, -0.2) is 0 Å². The van der Waals surface area contributed by atoms with Crippen molar-refractivity contribution in [2.45, 2.75) is 26.3 Å². The predicted octanol–water partition coefficient (Wildman–Crippen LogP) is 4.17. The Hall–Kier alpha value is -2.78. The molecule has 3 heteroatoms. The van der Waals surface area contributed by atoms with Gasteiger partial charge in [0.2, 0.25) is 0 Å². The van der Waals surface area contributed by atoms with Gasteiger partial charge in [-0.2, -0.15) is 10.5 Å². The van der Waals surface area contributed by atoms with E-state index in [0.29, 0.717) is 11.1 Å². The Morgan fingerprint density at radius 3 is 2.24 bits per heavy atom. The summed E-state index contributed by atoms with van der Waals surface area (Å²) in [6.07, 6.45) is 1.03. The van der Waals surface area contributed by atoms with Gasteiger partial charge in [0.15, 0.2) is 0 Å². The van der Waals surface area contributed by atoms with Crippen molar-refractivity contribution in [3.8, 4) is 12.1 Å². The molecular formula is C18H17N3. The number of hydrogen-bond acceptors (Lipinski definition) is 3. The maximum absolute atomic E-state index is 9.05. The number of nitrogens with one attached hydrogen (secondary N) is 1. The molecule has 0 saturated carbocycles. The highest BCUT2D eigenvalue weighted by atomic mass is 14.9. The third-order valence-corrected chi connectivity index (χ3v) is 3.53. The van der Waals surface area contributed by atoms with Gasteiger partial charge in [0.25, 0.3) is 0 Å². The predicted molar refractivity (Wildman–Crippen MR) is 83.7 cm³/mol. The van der Waals surface area contributed by atoms with Gasteiger partial charge >= 0.3 is 0 Å². The number of benzene rings is 2. The van der Waals surface area contributed by atoms with E-state index in [1.54, 1.807) is 12.1 Å². The van der Waals surface area contributed by atoms with E-state index in [9.17, 15) is 0 Å². The van der Waals surface area contributed by atoms with Gasteiger partial charge < -0.3 is 5.32 Å². The van der Waals surface area contributed by atoms with Gasteiger partial charge in [-0.05, 0) is 42.7 Å². The molecule has 0 aliphatic heterocycles. The topological polar surface area (TPSA) is 59.6 Å². The summed E-state index contributed by atoms with van der Waals surface area (Å²) in [5.41, 5.74) is 4.16. The van der Waals surface area contributed by atoms with Crippen LogP contribution >= 0.6 is 0 Å². The highest BCUT2D eigenvalue weighted by molar-refractivity contribution is 5.57. The molecule has 0 saturated heterocycles. The fourth-order valence-corrected chi connectivity index (χ4v) is 2.20. The average Bonchev–Trinajstić information content (AvgIpc) is 2.54. The molecular weight excluding hydrogens is 258 g/mol. The Balaban J connectivity index is 2.17. The van der Waals surface area contributed by atoms with E-state index in [4.69, 9.17) is 10.5 Å². The number of nitriles is 2. The zero-order chi connectivity index (χ0) is 15.2. The SMILES string of the molecule is CCc1ccc(C(C)Nc2ccc(C#N)c(C#N)c2)cc1. The van der Waals surface area contributed by atoms with Crippen molar-refractivity contribution in [1.82, 2.24) is 0 Å². The largest absolute Gasteiger partial charge is 0.378 e. The third kappa shape index (κ3) is 3.41. The van der Waals surface area contributed by atoms with Gasteiger partial charge in [-0.15, -0.1) is 0 Å². The lowest BCUT2D eigenvalue weighted by molar-refractivity contribution is 0.882. The number of anilines is 1. The highest BCUT2D eigenvalue weighted by Crippen LogP contribution is 2.22. The first kappa shape index (κ1) is 14.6. The Morgan fingerprint density at radius 2 is 1.67 bits per heavy atom. The van der Waals surface area contributed by atoms with Crippen LogP contribution in [0, 0.1) is 22.7 Å². The molecule has 0 heterocycles. The van der Waals surface area contributed by atoms with E-state index in [1.165, 1.54) is 11.1 Å². The summed E-state index contributed by atoms with van der Waals surface area (Å²) in [6, 6.07) is 17.9. The Bertz CT molecular complexity index is 703. The lowest BCUT2D eigenvalue weighted by atomic mass is 10.0. The molecule has 1 atom stereocenters. The summed E-state index contributed by atoms with van der Waals surface area (Å²) in [7, 11) is 0. The van der Waals surface area contributed by atoms with Crippen LogP contribution < -0.4 is 5.32 Å². The van der Waals surface area contributed by atoms with Crippen molar-refractivity contribution in [1.29, 1.82) is 10.5 Å². The second-order valence-electron chi connectivity index (χ2n) is 4.95. The Kier molecular flexibility index (Phi) is 4.59. The molecule has 2 aromatic carbocycles. The second kappa shape index (κ2) is 6.59. The first-order valence-corrected chi connectivity index (χ1v) is 6.97. The van der Waals surface area contributed by atoms with Crippen LogP contribution in [0.15, 0.2) is 42.5 Å². The van der Waals surface area contributed by atoms with Crippen molar-refractivity contribution in [2.24, 2.45) is 0 Å². The monoisotopic (exact) mass is 275 g/mol. The quantitative estimate of drug-likeness (QED) is 0.911. The van der Waals surface area contributed by atoms with Crippen LogP contribution in [0.1, 0.15) is 42.1 Å². The first-order valence-electron chi connectivity index (χ1n) is 6.97. The van der Waals surface area contributed by atoms with E-state index in [2.05, 4.69) is 49.5 Å². The molecule has 104 valence electrons. The molecule has 2 aromatic rings. The van der Waals surface area contributed by atoms with Crippen molar-refractivity contribution >= 4 is 5.69 Å². The summed E-state index contributed by atoms with van der Waals surface area (Å²) in [4.78, 5) is 0. The molecule has 0 bridgehead atoms. The van der Waals surface area contributed by atoms with Gasteiger partial charge in [0, 0.05) is 11.7 Å². The second-order valence-corrected chi connectivity index (χ2v) is 4.95. The van der Waals surface area contributed by atoms with Gasteiger partial charge in [0.1, 0.15) is 12.1 Å². The van der Waals surface area contributed by atoms with Gasteiger partial charge in [-0.25, -0.2) is 0 Å². The first-order chi connectivity index (χ1) is 10.2. The minimum absolute atomic E-state index is 0.135. The molecule has 1 unspecified atom stereocenters. The van der Waals surface area contributed by atoms with Crippen LogP contribution in [0.5, 0.6) is 0 Å². The molecule has 0 aromatic heterocycles. The lowest BCUT2D eigenvalue weighted by Gasteiger charge is -2.16. The molecule has 0 fully saturated rings. The van der Waals surface area contributed by atoms with E-state index in [0.717, 1.165) is 12.1 Å². The zero-order valence-corrected chi connectivity index (χ0v) is 12.2. The van der Waals surface area contributed by atoms with E-state index in [-0.39, 0.29) is 6.04 Å².